The Balaban J connectivity index is 1.68. The molecule has 2 aliphatic rings. The zero-order valence-electron chi connectivity index (χ0n) is 13.5. The van der Waals surface area contributed by atoms with Crippen LogP contribution in [-0.2, 0) is 28.9 Å². The molecule has 7 nitrogen and oxygen atoms in total. The summed E-state index contributed by atoms with van der Waals surface area (Å²) in [6.45, 7) is 4.09. The van der Waals surface area contributed by atoms with Crippen molar-refractivity contribution in [2.75, 3.05) is 38.2 Å². The van der Waals surface area contributed by atoms with Crippen LogP contribution in [0.1, 0.15) is 22.7 Å². The van der Waals surface area contributed by atoms with E-state index in [-0.39, 0.29) is 12.5 Å². The van der Waals surface area contributed by atoms with E-state index in [4.69, 9.17) is 20.4 Å². The first-order valence-corrected chi connectivity index (χ1v) is 9.16. The number of anilines is 1. The van der Waals surface area contributed by atoms with Crippen molar-refractivity contribution < 1.29 is 9.53 Å². The average Bonchev–Trinajstić information content (AvgIpc) is 3.14. The quantitative estimate of drug-likeness (QED) is 0.835. The molecule has 0 radical (unpaired) electrons. The third-order valence-corrected chi connectivity index (χ3v) is 5.70. The SMILES string of the molecule is NC(=O)CNc1nc(CN2CCOCC2)nc2sc3c(c12)CCC3. The van der Waals surface area contributed by atoms with Crippen LogP contribution < -0.4 is 11.1 Å². The maximum atomic E-state index is 11.2. The normalized spacial score (nSPS) is 18.0. The van der Waals surface area contributed by atoms with Gasteiger partial charge in [0, 0.05) is 18.0 Å². The Labute approximate surface area is 144 Å². The van der Waals surface area contributed by atoms with E-state index in [1.807, 2.05) is 0 Å². The van der Waals surface area contributed by atoms with Gasteiger partial charge in [0.25, 0.3) is 0 Å². The van der Waals surface area contributed by atoms with E-state index in [0.29, 0.717) is 6.54 Å². The predicted molar refractivity (Wildman–Crippen MR) is 93.2 cm³/mol. The number of morpholine rings is 1. The molecule has 1 aliphatic carbocycles. The fourth-order valence-corrected chi connectivity index (χ4v) is 4.65. The van der Waals surface area contributed by atoms with Gasteiger partial charge in [0.05, 0.1) is 31.7 Å². The molecule has 0 unspecified atom stereocenters. The minimum atomic E-state index is -0.386. The number of nitrogens with two attached hydrogens (primary N) is 1. The van der Waals surface area contributed by atoms with E-state index in [1.165, 1.54) is 16.9 Å². The van der Waals surface area contributed by atoms with Crippen LogP contribution in [0.3, 0.4) is 0 Å². The van der Waals surface area contributed by atoms with Gasteiger partial charge in [-0.2, -0.15) is 0 Å². The molecule has 1 fully saturated rings. The van der Waals surface area contributed by atoms with E-state index in [2.05, 4.69) is 10.2 Å². The van der Waals surface area contributed by atoms with Crippen LogP contribution in [0, 0.1) is 0 Å². The number of primary amides is 1. The lowest BCUT2D eigenvalue weighted by atomic mass is 10.2. The number of hydrogen-bond donors (Lipinski definition) is 2. The van der Waals surface area contributed by atoms with Crippen LogP contribution in [0.15, 0.2) is 0 Å². The zero-order valence-corrected chi connectivity index (χ0v) is 14.3. The highest BCUT2D eigenvalue weighted by atomic mass is 32.1. The van der Waals surface area contributed by atoms with Gasteiger partial charge in [-0.3, -0.25) is 9.69 Å². The molecule has 8 heteroatoms. The fraction of sp³-hybridized carbons (Fsp3) is 0.562. The summed E-state index contributed by atoms with van der Waals surface area (Å²) in [5.74, 6) is 1.15. The zero-order chi connectivity index (χ0) is 16.5. The fourth-order valence-electron chi connectivity index (χ4n) is 3.37. The van der Waals surface area contributed by atoms with E-state index in [0.717, 1.165) is 61.0 Å². The Morgan fingerprint density at radius 1 is 1.29 bits per heavy atom. The van der Waals surface area contributed by atoms with Crippen molar-refractivity contribution in [3.8, 4) is 0 Å². The molecule has 1 amide bonds. The van der Waals surface area contributed by atoms with E-state index in [1.54, 1.807) is 11.3 Å². The molecular formula is C16H21N5O2S. The Bertz CT molecular complexity index is 769. The summed E-state index contributed by atoms with van der Waals surface area (Å²) < 4.78 is 5.39. The van der Waals surface area contributed by atoms with Gasteiger partial charge in [-0.25, -0.2) is 9.97 Å². The van der Waals surface area contributed by atoms with Crippen LogP contribution in [0.25, 0.3) is 10.2 Å². The number of fused-ring (bicyclic) bond motifs is 3. The topological polar surface area (TPSA) is 93.4 Å². The third kappa shape index (κ3) is 3.09. The largest absolute Gasteiger partial charge is 0.379 e. The van der Waals surface area contributed by atoms with Crippen molar-refractivity contribution in [2.45, 2.75) is 25.8 Å². The molecule has 0 aromatic carbocycles. The summed E-state index contributed by atoms with van der Waals surface area (Å²) in [5, 5.41) is 4.20. The van der Waals surface area contributed by atoms with Crippen molar-refractivity contribution in [1.29, 1.82) is 0 Å². The van der Waals surface area contributed by atoms with Gasteiger partial charge in [-0.15, -0.1) is 11.3 Å². The van der Waals surface area contributed by atoms with Gasteiger partial charge in [-0.1, -0.05) is 0 Å². The molecule has 3 heterocycles. The van der Waals surface area contributed by atoms with E-state index >= 15 is 0 Å². The van der Waals surface area contributed by atoms with E-state index in [9.17, 15) is 4.79 Å². The molecule has 0 saturated carbocycles. The highest BCUT2D eigenvalue weighted by Gasteiger charge is 2.23. The Hall–Kier alpha value is -1.77. The first-order valence-electron chi connectivity index (χ1n) is 8.34. The molecular weight excluding hydrogens is 326 g/mol. The third-order valence-electron chi connectivity index (χ3n) is 4.51. The second-order valence-corrected chi connectivity index (χ2v) is 7.32. The van der Waals surface area contributed by atoms with Crippen LogP contribution in [0.2, 0.25) is 0 Å². The van der Waals surface area contributed by atoms with Gasteiger partial charge in [0.2, 0.25) is 5.91 Å². The standard InChI is InChI=1S/C16H21N5O2S/c17-12(22)8-18-15-14-10-2-1-3-11(10)24-16(14)20-13(19-15)9-21-4-6-23-7-5-21/h1-9H2,(H2,17,22)(H,18,19,20). The van der Waals surface area contributed by atoms with Gasteiger partial charge >= 0.3 is 0 Å². The smallest absolute Gasteiger partial charge is 0.236 e. The second kappa shape index (κ2) is 6.62. The highest BCUT2D eigenvalue weighted by Crippen LogP contribution is 2.39. The minimum Gasteiger partial charge on any atom is -0.379 e. The highest BCUT2D eigenvalue weighted by molar-refractivity contribution is 7.19. The van der Waals surface area contributed by atoms with Crippen LogP contribution in [0.5, 0.6) is 0 Å². The lowest BCUT2D eigenvalue weighted by Gasteiger charge is -2.25. The maximum Gasteiger partial charge on any atom is 0.236 e. The van der Waals surface area contributed by atoms with Gasteiger partial charge in [0.15, 0.2) is 0 Å². The molecule has 2 aromatic rings. The molecule has 1 aliphatic heterocycles. The summed E-state index contributed by atoms with van der Waals surface area (Å²) in [7, 11) is 0. The molecule has 128 valence electrons. The number of aromatic nitrogens is 2. The number of nitrogens with one attached hydrogen (secondary N) is 1. The summed E-state index contributed by atoms with van der Waals surface area (Å²) in [4.78, 5) is 25.4. The molecule has 0 atom stereocenters. The predicted octanol–water partition coefficient (Wildman–Crippen LogP) is 0.909. The minimum absolute atomic E-state index is 0.0910. The van der Waals surface area contributed by atoms with Crippen molar-refractivity contribution in [1.82, 2.24) is 14.9 Å². The molecule has 0 spiro atoms. The monoisotopic (exact) mass is 347 g/mol. The molecule has 24 heavy (non-hydrogen) atoms. The first-order chi connectivity index (χ1) is 11.7. The van der Waals surface area contributed by atoms with Crippen LogP contribution in [0.4, 0.5) is 5.82 Å². The van der Waals surface area contributed by atoms with Crippen molar-refractivity contribution >= 4 is 33.3 Å². The summed E-state index contributed by atoms with van der Waals surface area (Å²) in [6.07, 6.45) is 3.36. The van der Waals surface area contributed by atoms with Crippen LogP contribution in [-0.4, -0.2) is 53.6 Å². The number of carbonyl (C=O) groups excluding carboxylic acids is 1. The number of nitrogens with zero attached hydrogens (tertiary/aromatic N) is 3. The molecule has 2 aromatic heterocycles. The number of carbonyl (C=O) groups is 1. The Morgan fingerprint density at radius 2 is 2.12 bits per heavy atom. The molecule has 0 bridgehead atoms. The number of rotatable bonds is 5. The van der Waals surface area contributed by atoms with Crippen LogP contribution >= 0.6 is 11.3 Å². The summed E-state index contributed by atoms with van der Waals surface area (Å²) >= 11 is 1.76. The van der Waals surface area contributed by atoms with Gasteiger partial charge in [-0.05, 0) is 24.8 Å². The number of thiophene rings is 1. The number of hydrogen-bond acceptors (Lipinski definition) is 7. The second-order valence-electron chi connectivity index (χ2n) is 6.23. The lowest BCUT2D eigenvalue weighted by molar-refractivity contribution is -0.116. The van der Waals surface area contributed by atoms with Gasteiger partial charge < -0.3 is 15.8 Å². The number of aryl methyl sites for hydroxylation is 2. The number of amides is 1. The van der Waals surface area contributed by atoms with Crippen molar-refractivity contribution in [3.05, 3.63) is 16.3 Å². The lowest BCUT2D eigenvalue weighted by Crippen LogP contribution is -2.36. The molecule has 1 saturated heterocycles. The molecule has 4 rings (SSSR count). The average molecular weight is 347 g/mol. The maximum absolute atomic E-state index is 11.2. The first kappa shape index (κ1) is 15.7. The number of ether oxygens (including phenoxy) is 1. The van der Waals surface area contributed by atoms with E-state index < -0.39 is 0 Å². The van der Waals surface area contributed by atoms with Crippen molar-refractivity contribution in [3.63, 3.8) is 0 Å². The Morgan fingerprint density at radius 3 is 2.92 bits per heavy atom. The summed E-state index contributed by atoms with van der Waals surface area (Å²) in [6, 6.07) is 0. The van der Waals surface area contributed by atoms with Crippen molar-refractivity contribution in [2.24, 2.45) is 5.73 Å². The molecule has 3 N–H and O–H groups in total. The summed E-state index contributed by atoms with van der Waals surface area (Å²) in [5.41, 5.74) is 6.64. The van der Waals surface area contributed by atoms with Gasteiger partial charge in [0.1, 0.15) is 16.5 Å². The Kier molecular flexibility index (Phi) is 4.34.